The highest BCUT2D eigenvalue weighted by molar-refractivity contribution is 5.76. The first-order valence-corrected chi connectivity index (χ1v) is 3.71. The molecule has 0 fully saturated rings. The summed E-state index contributed by atoms with van der Waals surface area (Å²) in [4.78, 5) is 21.2. The van der Waals surface area contributed by atoms with Crippen molar-refractivity contribution in [3.63, 3.8) is 0 Å². The van der Waals surface area contributed by atoms with Crippen molar-refractivity contribution >= 4 is 11.8 Å². The lowest BCUT2D eigenvalue weighted by molar-refractivity contribution is -0.122. The minimum atomic E-state index is -0.336. The molecule has 0 atom stereocenters. The summed E-state index contributed by atoms with van der Waals surface area (Å²) >= 11 is 0. The van der Waals surface area contributed by atoms with Gasteiger partial charge in [-0.15, -0.1) is 6.58 Å². The van der Waals surface area contributed by atoms with Crippen LogP contribution in [0.3, 0.4) is 0 Å². The monoisotopic (exact) mass is 170 g/mol. The molecule has 68 valence electrons. The molecule has 0 aliphatic rings. The van der Waals surface area contributed by atoms with Crippen LogP contribution in [0.25, 0.3) is 0 Å². The van der Waals surface area contributed by atoms with Crippen molar-refractivity contribution < 1.29 is 9.59 Å². The predicted molar refractivity (Wildman–Crippen MR) is 46.2 cm³/mol. The van der Waals surface area contributed by atoms with Crippen LogP contribution in [-0.4, -0.2) is 18.0 Å². The van der Waals surface area contributed by atoms with Gasteiger partial charge in [-0.2, -0.15) is 0 Å². The summed E-state index contributed by atoms with van der Waals surface area (Å²) in [5, 5.41) is 5.14. The number of carbonyl (C=O) groups excluding carboxylic acids is 2. The molecule has 0 saturated carbocycles. The van der Waals surface area contributed by atoms with E-state index in [1.165, 1.54) is 13.8 Å². The second-order valence-corrected chi connectivity index (χ2v) is 2.48. The van der Waals surface area contributed by atoms with Gasteiger partial charge in [-0.1, -0.05) is 6.08 Å². The molecule has 0 aromatic rings. The number of hydrogen-bond donors (Lipinski definition) is 2. The largest absolute Gasteiger partial charge is 0.336 e. The lowest BCUT2D eigenvalue weighted by Crippen LogP contribution is -2.46. The van der Waals surface area contributed by atoms with Crippen LogP contribution in [0.15, 0.2) is 12.7 Å². The minimum Gasteiger partial charge on any atom is -0.336 e. The van der Waals surface area contributed by atoms with Gasteiger partial charge in [0.05, 0.1) is 0 Å². The normalized spacial score (nSPS) is 9.25. The molecule has 0 spiro atoms. The lowest BCUT2D eigenvalue weighted by atomic mass is 10.3. The Morgan fingerprint density at radius 2 is 1.75 bits per heavy atom. The molecule has 0 saturated heterocycles. The Kier molecular flexibility index (Phi) is 4.76. The number of nitrogens with one attached hydrogen (secondary N) is 2. The van der Waals surface area contributed by atoms with Crippen LogP contribution in [0, 0.1) is 0 Å². The van der Waals surface area contributed by atoms with Gasteiger partial charge in [-0.25, -0.2) is 0 Å². The highest BCUT2D eigenvalue weighted by Gasteiger charge is 2.07. The van der Waals surface area contributed by atoms with Gasteiger partial charge in [0.25, 0.3) is 0 Å². The van der Waals surface area contributed by atoms with Gasteiger partial charge in [0, 0.05) is 20.3 Å². The van der Waals surface area contributed by atoms with Crippen LogP contribution in [0.2, 0.25) is 0 Å². The molecule has 12 heavy (non-hydrogen) atoms. The average molecular weight is 170 g/mol. The number of amides is 2. The van der Waals surface area contributed by atoms with Crippen molar-refractivity contribution in [1.82, 2.24) is 10.6 Å². The van der Waals surface area contributed by atoms with Gasteiger partial charge < -0.3 is 10.6 Å². The van der Waals surface area contributed by atoms with Gasteiger partial charge in [0.15, 0.2) is 0 Å². The molecule has 0 aromatic heterocycles. The third kappa shape index (κ3) is 5.46. The highest BCUT2D eigenvalue weighted by Crippen LogP contribution is 1.88. The Morgan fingerprint density at radius 3 is 2.00 bits per heavy atom. The Bertz CT molecular complexity index is 173. The van der Waals surface area contributed by atoms with Gasteiger partial charge in [0.1, 0.15) is 6.17 Å². The molecule has 0 rings (SSSR count). The smallest absolute Gasteiger partial charge is 0.218 e. The van der Waals surface area contributed by atoms with Crippen LogP contribution in [0.1, 0.15) is 20.3 Å². The third-order valence-electron chi connectivity index (χ3n) is 1.16. The molecule has 0 bridgehead atoms. The summed E-state index contributed by atoms with van der Waals surface area (Å²) in [5.41, 5.74) is 0. The SMILES string of the molecule is C=CCC(NC(C)=O)NC(C)=O. The van der Waals surface area contributed by atoms with E-state index in [0.29, 0.717) is 6.42 Å². The molecule has 4 heteroatoms. The van der Waals surface area contributed by atoms with E-state index in [4.69, 9.17) is 0 Å². The predicted octanol–water partition coefficient (Wildman–Crippen LogP) is 0.161. The van der Waals surface area contributed by atoms with E-state index in [9.17, 15) is 9.59 Å². The molecule has 4 nitrogen and oxygen atoms in total. The lowest BCUT2D eigenvalue weighted by Gasteiger charge is -2.16. The van der Waals surface area contributed by atoms with Gasteiger partial charge in [0.2, 0.25) is 11.8 Å². The van der Waals surface area contributed by atoms with Crippen LogP contribution >= 0.6 is 0 Å². The zero-order valence-corrected chi connectivity index (χ0v) is 7.39. The van der Waals surface area contributed by atoms with E-state index < -0.39 is 0 Å². The summed E-state index contributed by atoms with van der Waals surface area (Å²) in [6.45, 7) is 6.31. The van der Waals surface area contributed by atoms with E-state index in [-0.39, 0.29) is 18.0 Å². The Balaban J connectivity index is 3.93. The van der Waals surface area contributed by atoms with Crippen molar-refractivity contribution in [3.05, 3.63) is 12.7 Å². The first-order valence-electron chi connectivity index (χ1n) is 3.71. The summed E-state index contributed by atoms with van der Waals surface area (Å²) in [6, 6.07) is 0. The molecule has 0 radical (unpaired) electrons. The van der Waals surface area contributed by atoms with Crippen molar-refractivity contribution in [1.29, 1.82) is 0 Å². The molecule has 2 N–H and O–H groups in total. The fourth-order valence-corrected chi connectivity index (χ4v) is 0.811. The zero-order chi connectivity index (χ0) is 9.56. The first kappa shape index (κ1) is 10.7. The zero-order valence-electron chi connectivity index (χ0n) is 7.39. The molecule has 0 heterocycles. The molecule has 0 aromatic carbocycles. The van der Waals surface area contributed by atoms with E-state index in [1.54, 1.807) is 6.08 Å². The molecule has 0 aliphatic heterocycles. The van der Waals surface area contributed by atoms with Crippen molar-refractivity contribution in [2.45, 2.75) is 26.4 Å². The molecule has 2 amide bonds. The third-order valence-corrected chi connectivity index (χ3v) is 1.16. The van der Waals surface area contributed by atoms with Crippen LogP contribution in [0.4, 0.5) is 0 Å². The van der Waals surface area contributed by atoms with Gasteiger partial charge in [-0.05, 0) is 0 Å². The average Bonchev–Trinajstić information content (AvgIpc) is 1.84. The molecule has 0 aliphatic carbocycles. The summed E-state index contributed by atoms with van der Waals surface area (Å²) < 4.78 is 0. The highest BCUT2D eigenvalue weighted by atomic mass is 16.2. The Labute approximate surface area is 72.0 Å². The van der Waals surface area contributed by atoms with Crippen molar-refractivity contribution in [2.24, 2.45) is 0 Å². The quantitative estimate of drug-likeness (QED) is 0.466. The fourth-order valence-electron chi connectivity index (χ4n) is 0.811. The maximum atomic E-state index is 10.6. The van der Waals surface area contributed by atoms with E-state index in [1.807, 2.05) is 0 Å². The molecular weight excluding hydrogens is 156 g/mol. The molecule has 0 unspecified atom stereocenters. The summed E-state index contributed by atoms with van der Waals surface area (Å²) in [7, 11) is 0. The number of rotatable bonds is 4. The van der Waals surface area contributed by atoms with Crippen LogP contribution < -0.4 is 10.6 Å². The second-order valence-electron chi connectivity index (χ2n) is 2.48. The van der Waals surface area contributed by atoms with Crippen molar-refractivity contribution in [2.75, 3.05) is 0 Å². The maximum Gasteiger partial charge on any atom is 0.218 e. The Morgan fingerprint density at radius 1 is 1.33 bits per heavy atom. The minimum absolute atomic E-state index is 0.171. The fraction of sp³-hybridized carbons (Fsp3) is 0.500. The topological polar surface area (TPSA) is 58.2 Å². The van der Waals surface area contributed by atoms with Crippen LogP contribution in [-0.2, 0) is 9.59 Å². The van der Waals surface area contributed by atoms with Crippen LogP contribution in [0.5, 0.6) is 0 Å². The number of carbonyl (C=O) groups is 2. The van der Waals surface area contributed by atoms with E-state index in [0.717, 1.165) is 0 Å². The maximum absolute atomic E-state index is 10.6. The Hall–Kier alpha value is -1.32. The summed E-state index contributed by atoms with van der Waals surface area (Å²) in [5.74, 6) is -0.341. The molecular formula is C8H14N2O2. The second kappa shape index (κ2) is 5.35. The first-order chi connectivity index (χ1) is 5.56. The van der Waals surface area contributed by atoms with Crippen molar-refractivity contribution in [3.8, 4) is 0 Å². The summed E-state index contributed by atoms with van der Waals surface area (Å²) in [6.07, 6.45) is 1.83. The number of hydrogen-bond acceptors (Lipinski definition) is 2. The van der Waals surface area contributed by atoms with E-state index >= 15 is 0 Å². The van der Waals surface area contributed by atoms with Gasteiger partial charge >= 0.3 is 0 Å². The van der Waals surface area contributed by atoms with Gasteiger partial charge in [-0.3, -0.25) is 9.59 Å². The van der Waals surface area contributed by atoms with E-state index in [2.05, 4.69) is 17.2 Å². The standard InChI is InChI=1S/C8H14N2O2/c1-4-5-8(9-6(2)11)10-7(3)12/h4,8H,1,5H2,2-3H3,(H,9,11)(H,10,12).